The molecule has 1 fully saturated rings. The van der Waals surface area contributed by atoms with Crippen LogP contribution in [0.15, 0.2) is 0 Å². The van der Waals surface area contributed by atoms with Crippen LogP contribution in [0.3, 0.4) is 0 Å². The molecule has 0 spiro atoms. The molecule has 118 valence electrons. The van der Waals surface area contributed by atoms with Gasteiger partial charge in [-0.25, -0.2) is 4.79 Å². The van der Waals surface area contributed by atoms with Crippen LogP contribution in [0, 0.1) is 5.92 Å². The fourth-order valence-corrected chi connectivity index (χ4v) is 2.71. The van der Waals surface area contributed by atoms with E-state index in [1.54, 1.807) is 0 Å². The van der Waals surface area contributed by atoms with E-state index in [2.05, 4.69) is 5.32 Å². The number of nitrogens with one attached hydrogen (secondary N) is 1. The number of rotatable bonds is 4. The van der Waals surface area contributed by atoms with Crippen LogP contribution in [-0.2, 0) is 19.0 Å². The first-order chi connectivity index (χ1) is 9.05. The average Bonchev–Trinajstić information content (AvgIpc) is 2.23. The molecule has 7 heteroatoms. The molecule has 0 aromatic heterocycles. The molecule has 1 aliphatic carbocycles. The summed E-state index contributed by atoms with van der Waals surface area (Å²) >= 11 is 0. The highest BCUT2D eigenvalue weighted by Crippen LogP contribution is 2.25. The van der Waals surface area contributed by atoms with Gasteiger partial charge >= 0.3 is 6.09 Å². The minimum Gasteiger partial charge on any atom is -0.444 e. The quantitative estimate of drug-likeness (QED) is 0.804. The van der Waals surface area contributed by atoms with Crippen LogP contribution in [0.1, 0.15) is 46.5 Å². The second kappa shape index (κ2) is 6.76. The molecule has 0 aromatic rings. The molecule has 1 N–H and O–H groups in total. The summed E-state index contributed by atoms with van der Waals surface area (Å²) in [6, 6.07) is 0.0201. The maximum Gasteiger partial charge on any atom is 0.407 e. The minimum absolute atomic E-state index is 0.0201. The summed E-state index contributed by atoms with van der Waals surface area (Å²) < 4.78 is 32.0. The van der Waals surface area contributed by atoms with Crippen molar-refractivity contribution in [2.24, 2.45) is 5.92 Å². The van der Waals surface area contributed by atoms with Gasteiger partial charge in [0.15, 0.2) is 0 Å². The lowest BCUT2D eigenvalue weighted by molar-refractivity contribution is 0.0478. The van der Waals surface area contributed by atoms with Gasteiger partial charge in [-0.15, -0.1) is 0 Å². The first-order valence-electron chi connectivity index (χ1n) is 6.89. The van der Waals surface area contributed by atoms with E-state index in [4.69, 9.17) is 8.92 Å². The Morgan fingerprint density at radius 1 is 1.30 bits per heavy atom. The number of carbonyl (C=O) groups excluding carboxylic acids is 1. The number of hydrogen-bond acceptors (Lipinski definition) is 5. The zero-order chi connectivity index (χ0) is 15.4. The average molecular weight is 307 g/mol. The highest BCUT2D eigenvalue weighted by atomic mass is 32.2. The molecule has 2 atom stereocenters. The first-order valence-corrected chi connectivity index (χ1v) is 8.71. The van der Waals surface area contributed by atoms with Crippen LogP contribution in [0.4, 0.5) is 4.79 Å². The van der Waals surface area contributed by atoms with Gasteiger partial charge in [0, 0.05) is 6.04 Å². The Hall–Kier alpha value is -0.820. The molecule has 1 aliphatic rings. The number of hydrogen-bond donors (Lipinski definition) is 1. The fourth-order valence-electron chi connectivity index (χ4n) is 2.27. The van der Waals surface area contributed by atoms with E-state index in [1.165, 1.54) is 0 Å². The maximum atomic E-state index is 11.7. The number of carbonyl (C=O) groups is 1. The standard InChI is InChI=1S/C13H25NO5S/c1-13(2,3)19-12(15)14-11-7-5-6-10(8-11)9-18-20(4,16)17/h10-11H,5-9H2,1-4H3,(H,14,15)/t10-,11+/m0/s1. The molecule has 1 rings (SSSR count). The van der Waals surface area contributed by atoms with E-state index in [-0.39, 0.29) is 18.6 Å². The fraction of sp³-hybridized carbons (Fsp3) is 0.923. The largest absolute Gasteiger partial charge is 0.444 e. The highest BCUT2D eigenvalue weighted by Gasteiger charge is 2.26. The van der Waals surface area contributed by atoms with Crippen molar-refractivity contribution in [1.82, 2.24) is 5.32 Å². The van der Waals surface area contributed by atoms with E-state index in [1.807, 2.05) is 20.8 Å². The summed E-state index contributed by atoms with van der Waals surface area (Å²) in [7, 11) is -3.40. The molecular formula is C13H25NO5S. The number of amides is 1. The van der Waals surface area contributed by atoms with Gasteiger partial charge in [-0.2, -0.15) is 8.42 Å². The molecule has 0 aliphatic heterocycles. The minimum atomic E-state index is -3.40. The van der Waals surface area contributed by atoms with E-state index in [9.17, 15) is 13.2 Å². The summed E-state index contributed by atoms with van der Waals surface area (Å²) in [6.45, 7) is 5.63. The van der Waals surface area contributed by atoms with E-state index >= 15 is 0 Å². The molecule has 0 saturated heterocycles. The summed E-state index contributed by atoms with van der Waals surface area (Å²) in [6.07, 6.45) is 4.09. The van der Waals surface area contributed by atoms with Crippen LogP contribution in [0.2, 0.25) is 0 Å². The molecule has 6 nitrogen and oxygen atoms in total. The van der Waals surface area contributed by atoms with Crippen LogP contribution >= 0.6 is 0 Å². The van der Waals surface area contributed by atoms with Gasteiger partial charge in [-0.1, -0.05) is 6.42 Å². The smallest absolute Gasteiger partial charge is 0.407 e. The van der Waals surface area contributed by atoms with Crippen LogP contribution in [0.25, 0.3) is 0 Å². The van der Waals surface area contributed by atoms with Gasteiger partial charge in [0.25, 0.3) is 10.1 Å². The van der Waals surface area contributed by atoms with Crippen LogP contribution in [-0.4, -0.2) is 39.0 Å². The van der Waals surface area contributed by atoms with Gasteiger partial charge in [0.1, 0.15) is 5.60 Å². The Morgan fingerprint density at radius 2 is 1.95 bits per heavy atom. The SMILES string of the molecule is CC(C)(C)OC(=O)N[C@@H]1CCC[C@H](COS(C)(=O)=O)C1. The Bertz CT molecular complexity index is 427. The predicted octanol–water partition coefficient (Wildman–Crippen LogP) is 2.05. The van der Waals surface area contributed by atoms with Gasteiger partial charge in [-0.3, -0.25) is 4.18 Å². The van der Waals surface area contributed by atoms with Crippen molar-refractivity contribution < 1.29 is 22.1 Å². The van der Waals surface area contributed by atoms with Crippen molar-refractivity contribution in [3.05, 3.63) is 0 Å². The van der Waals surface area contributed by atoms with E-state index < -0.39 is 21.8 Å². The zero-order valence-corrected chi connectivity index (χ0v) is 13.5. The maximum absolute atomic E-state index is 11.7. The number of alkyl carbamates (subject to hydrolysis) is 1. The zero-order valence-electron chi connectivity index (χ0n) is 12.6. The van der Waals surface area contributed by atoms with Crippen molar-refractivity contribution in [3.8, 4) is 0 Å². The summed E-state index contributed by atoms with van der Waals surface area (Å²) in [4.78, 5) is 11.7. The third-order valence-corrected chi connectivity index (χ3v) is 3.59. The summed E-state index contributed by atoms with van der Waals surface area (Å²) in [5.74, 6) is 0.151. The number of ether oxygens (including phenoxy) is 1. The molecular weight excluding hydrogens is 282 g/mol. The molecule has 20 heavy (non-hydrogen) atoms. The lowest BCUT2D eigenvalue weighted by Crippen LogP contribution is -2.42. The highest BCUT2D eigenvalue weighted by molar-refractivity contribution is 7.85. The van der Waals surface area contributed by atoms with Crippen molar-refractivity contribution >= 4 is 16.2 Å². The molecule has 0 radical (unpaired) electrons. The molecule has 0 unspecified atom stereocenters. The molecule has 1 amide bonds. The van der Waals surface area contributed by atoms with E-state index in [0.717, 1.165) is 31.9 Å². The van der Waals surface area contributed by atoms with Gasteiger partial charge < -0.3 is 10.1 Å². The second-order valence-corrected chi connectivity index (χ2v) is 8.01. The monoisotopic (exact) mass is 307 g/mol. The Morgan fingerprint density at radius 3 is 2.50 bits per heavy atom. The van der Waals surface area contributed by atoms with E-state index in [0.29, 0.717) is 0 Å². The second-order valence-electron chi connectivity index (χ2n) is 6.36. The lowest BCUT2D eigenvalue weighted by Gasteiger charge is -2.30. The van der Waals surface area contributed by atoms with Crippen molar-refractivity contribution in [2.75, 3.05) is 12.9 Å². The Labute approximate surface area is 121 Å². The molecule has 0 bridgehead atoms. The Balaban J connectivity index is 2.39. The third kappa shape index (κ3) is 7.69. The molecule has 1 saturated carbocycles. The molecule has 0 heterocycles. The van der Waals surface area contributed by atoms with Crippen LogP contribution in [0.5, 0.6) is 0 Å². The summed E-state index contributed by atoms with van der Waals surface area (Å²) in [5.41, 5.74) is -0.516. The normalized spacial score (nSPS) is 24.2. The van der Waals surface area contributed by atoms with Crippen LogP contribution < -0.4 is 5.32 Å². The topological polar surface area (TPSA) is 81.7 Å². The van der Waals surface area contributed by atoms with Gasteiger partial charge in [0.05, 0.1) is 12.9 Å². The summed E-state index contributed by atoms with van der Waals surface area (Å²) in [5, 5.41) is 2.84. The van der Waals surface area contributed by atoms with Crippen molar-refractivity contribution in [3.63, 3.8) is 0 Å². The molecule has 0 aromatic carbocycles. The third-order valence-electron chi connectivity index (χ3n) is 3.02. The lowest BCUT2D eigenvalue weighted by atomic mass is 9.86. The Kier molecular flexibility index (Phi) is 5.82. The van der Waals surface area contributed by atoms with Crippen molar-refractivity contribution in [2.45, 2.75) is 58.1 Å². The van der Waals surface area contributed by atoms with Crippen molar-refractivity contribution in [1.29, 1.82) is 0 Å². The predicted molar refractivity (Wildman–Crippen MR) is 75.9 cm³/mol. The van der Waals surface area contributed by atoms with Gasteiger partial charge in [0.2, 0.25) is 0 Å². The first kappa shape index (κ1) is 17.2. The van der Waals surface area contributed by atoms with Gasteiger partial charge in [-0.05, 0) is 46.0 Å².